The monoisotopic (exact) mass is 324 g/mol. The van der Waals surface area contributed by atoms with Crippen molar-refractivity contribution in [2.24, 2.45) is 0 Å². The number of anilines is 2. The summed E-state index contributed by atoms with van der Waals surface area (Å²) >= 11 is 0. The number of carbonyl (C=O) groups is 2. The second-order valence-corrected chi connectivity index (χ2v) is 4.98. The van der Waals surface area contributed by atoms with Crippen molar-refractivity contribution in [1.82, 2.24) is 9.97 Å². The van der Waals surface area contributed by atoms with Crippen LogP contribution in [0, 0.1) is 0 Å². The van der Waals surface area contributed by atoms with Crippen LogP contribution in [0.5, 0.6) is 0 Å². The number of nitrogens with one attached hydrogen (secondary N) is 3. The van der Waals surface area contributed by atoms with E-state index in [4.69, 9.17) is 4.74 Å². The number of ether oxygens (including phenoxy) is 1. The van der Waals surface area contributed by atoms with Gasteiger partial charge >= 0.3 is 12.0 Å². The number of aromatic nitrogens is 2. The number of esters is 1. The molecule has 0 bridgehead atoms. The minimum Gasteiger partial charge on any atom is -0.462 e. The fourth-order valence-corrected chi connectivity index (χ4v) is 2.28. The van der Waals surface area contributed by atoms with Gasteiger partial charge in [-0.1, -0.05) is 12.1 Å². The Morgan fingerprint density at radius 3 is 2.83 bits per heavy atom. The molecule has 0 unspecified atom stereocenters. The predicted octanol–water partition coefficient (Wildman–Crippen LogP) is 3.38. The number of amides is 2. The summed E-state index contributed by atoms with van der Waals surface area (Å²) in [6, 6.07) is 11.6. The van der Waals surface area contributed by atoms with Crippen LogP contribution < -0.4 is 10.6 Å². The lowest BCUT2D eigenvalue weighted by Gasteiger charge is -2.11. The van der Waals surface area contributed by atoms with Gasteiger partial charge in [0.15, 0.2) is 0 Å². The number of H-pyrrole nitrogens is 1. The van der Waals surface area contributed by atoms with Crippen molar-refractivity contribution >= 4 is 34.4 Å². The van der Waals surface area contributed by atoms with Crippen LogP contribution >= 0.6 is 0 Å². The lowest BCUT2D eigenvalue weighted by atomic mass is 10.2. The summed E-state index contributed by atoms with van der Waals surface area (Å²) in [4.78, 5) is 31.2. The van der Waals surface area contributed by atoms with Crippen LogP contribution in [0.2, 0.25) is 0 Å². The average Bonchev–Trinajstić information content (AvgIpc) is 3.03. The number of fused-ring (bicyclic) bond motifs is 1. The lowest BCUT2D eigenvalue weighted by Crippen LogP contribution is -2.21. The highest BCUT2D eigenvalue weighted by atomic mass is 16.5. The molecular weight excluding hydrogens is 308 g/mol. The van der Waals surface area contributed by atoms with E-state index in [0.717, 1.165) is 11.0 Å². The van der Waals surface area contributed by atoms with E-state index < -0.39 is 12.0 Å². The highest BCUT2D eigenvalue weighted by Crippen LogP contribution is 2.18. The van der Waals surface area contributed by atoms with E-state index in [1.807, 2.05) is 0 Å². The molecule has 7 heteroatoms. The Morgan fingerprint density at radius 2 is 2.00 bits per heavy atom. The normalized spacial score (nSPS) is 10.4. The van der Waals surface area contributed by atoms with Gasteiger partial charge in [-0.25, -0.2) is 14.6 Å². The number of rotatable bonds is 4. The summed E-state index contributed by atoms with van der Waals surface area (Å²) in [6.07, 6.45) is 1.59. The smallest absolute Gasteiger partial charge is 0.340 e. The molecule has 0 aliphatic carbocycles. The summed E-state index contributed by atoms with van der Waals surface area (Å²) in [5, 5.41) is 5.38. The molecular formula is C17H16N4O3. The minimum atomic E-state index is -0.479. The lowest BCUT2D eigenvalue weighted by molar-refractivity contribution is 0.0527. The zero-order valence-corrected chi connectivity index (χ0v) is 13.0. The van der Waals surface area contributed by atoms with Crippen LogP contribution in [-0.2, 0) is 4.74 Å². The quantitative estimate of drug-likeness (QED) is 0.641. The van der Waals surface area contributed by atoms with Gasteiger partial charge in [0.2, 0.25) is 0 Å². The Kier molecular flexibility index (Phi) is 4.42. The summed E-state index contributed by atoms with van der Waals surface area (Å²) in [5.41, 5.74) is 2.93. The number of benzene rings is 2. The number of hydrogen-bond acceptors (Lipinski definition) is 4. The van der Waals surface area contributed by atoms with Crippen molar-refractivity contribution in [3.8, 4) is 0 Å². The van der Waals surface area contributed by atoms with Crippen molar-refractivity contribution < 1.29 is 14.3 Å². The summed E-state index contributed by atoms with van der Waals surface area (Å²) in [5.74, 6) is -0.479. The summed E-state index contributed by atoms with van der Waals surface area (Å²) < 4.78 is 4.99. The van der Waals surface area contributed by atoms with Crippen LogP contribution in [0.3, 0.4) is 0 Å². The van der Waals surface area contributed by atoms with Crippen LogP contribution in [-0.4, -0.2) is 28.6 Å². The van der Waals surface area contributed by atoms with Gasteiger partial charge in [0, 0.05) is 5.69 Å². The van der Waals surface area contributed by atoms with Gasteiger partial charge in [-0.15, -0.1) is 0 Å². The number of para-hydroxylation sites is 1. The highest BCUT2D eigenvalue weighted by Gasteiger charge is 2.14. The first-order valence-electron chi connectivity index (χ1n) is 7.44. The fraction of sp³-hybridized carbons (Fsp3) is 0.118. The van der Waals surface area contributed by atoms with Gasteiger partial charge in [-0.2, -0.15) is 0 Å². The van der Waals surface area contributed by atoms with Crippen molar-refractivity contribution in [3.05, 3.63) is 54.4 Å². The molecule has 7 nitrogen and oxygen atoms in total. The maximum atomic E-state index is 12.2. The zero-order valence-electron chi connectivity index (χ0n) is 13.0. The molecule has 0 aliphatic rings. The highest BCUT2D eigenvalue weighted by molar-refractivity contribution is 6.05. The predicted molar refractivity (Wildman–Crippen MR) is 91.1 cm³/mol. The van der Waals surface area contributed by atoms with Gasteiger partial charge in [0.1, 0.15) is 0 Å². The fourth-order valence-electron chi connectivity index (χ4n) is 2.28. The third kappa shape index (κ3) is 3.35. The summed E-state index contributed by atoms with van der Waals surface area (Å²) in [7, 11) is 0. The topological polar surface area (TPSA) is 96.1 Å². The van der Waals surface area contributed by atoms with E-state index >= 15 is 0 Å². The Balaban J connectivity index is 1.74. The third-order valence-electron chi connectivity index (χ3n) is 3.35. The van der Waals surface area contributed by atoms with Crippen molar-refractivity contribution in [2.45, 2.75) is 6.92 Å². The molecule has 0 atom stereocenters. The molecule has 3 rings (SSSR count). The zero-order chi connectivity index (χ0) is 16.9. The van der Waals surface area contributed by atoms with Crippen LogP contribution in [0.1, 0.15) is 17.3 Å². The number of hydrogen-bond donors (Lipinski definition) is 3. The van der Waals surface area contributed by atoms with Crippen LogP contribution in [0.15, 0.2) is 48.8 Å². The minimum absolute atomic E-state index is 0.267. The Morgan fingerprint density at radius 1 is 1.17 bits per heavy atom. The van der Waals surface area contributed by atoms with E-state index in [1.54, 1.807) is 55.7 Å². The molecule has 24 heavy (non-hydrogen) atoms. The molecule has 1 heterocycles. The number of carbonyl (C=O) groups excluding carboxylic acids is 2. The molecule has 0 saturated heterocycles. The standard InChI is InChI=1S/C17H16N4O3/c1-2-24-16(22)12-5-3-4-6-13(12)21-17(23)20-11-7-8-14-15(9-11)19-10-18-14/h3-10H,2H2,1H3,(H,18,19)(H2,20,21,23). The second-order valence-electron chi connectivity index (χ2n) is 4.98. The van der Waals surface area contributed by atoms with Crippen LogP contribution in [0.25, 0.3) is 11.0 Å². The molecule has 2 amide bonds. The molecule has 3 aromatic rings. The largest absolute Gasteiger partial charge is 0.462 e. The Labute approximate surface area is 138 Å². The maximum Gasteiger partial charge on any atom is 0.340 e. The van der Waals surface area contributed by atoms with Gasteiger partial charge in [-0.3, -0.25) is 0 Å². The van der Waals surface area contributed by atoms with Crippen molar-refractivity contribution in [1.29, 1.82) is 0 Å². The van der Waals surface area contributed by atoms with E-state index in [1.165, 1.54) is 0 Å². The van der Waals surface area contributed by atoms with Crippen LogP contribution in [0.4, 0.5) is 16.2 Å². The molecule has 0 fully saturated rings. The first kappa shape index (κ1) is 15.5. The van der Waals surface area contributed by atoms with Gasteiger partial charge in [0.05, 0.1) is 35.2 Å². The van der Waals surface area contributed by atoms with E-state index in [2.05, 4.69) is 20.6 Å². The van der Waals surface area contributed by atoms with Gasteiger partial charge < -0.3 is 20.4 Å². The molecule has 0 spiro atoms. The second kappa shape index (κ2) is 6.82. The van der Waals surface area contributed by atoms with Gasteiger partial charge in [-0.05, 0) is 37.3 Å². The molecule has 0 aliphatic heterocycles. The Bertz CT molecular complexity index is 888. The number of urea groups is 1. The number of nitrogens with zero attached hydrogens (tertiary/aromatic N) is 1. The maximum absolute atomic E-state index is 12.2. The average molecular weight is 324 g/mol. The SMILES string of the molecule is CCOC(=O)c1ccccc1NC(=O)Nc1ccc2nc[nH]c2c1. The molecule has 0 radical (unpaired) electrons. The third-order valence-corrected chi connectivity index (χ3v) is 3.35. The van der Waals surface area contributed by atoms with Gasteiger partial charge in [0.25, 0.3) is 0 Å². The molecule has 122 valence electrons. The first-order chi connectivity index (χ1) is 11.7. The molecule has 3 N–H and O–H groups in total. The van der Waals surface area contributed by atoms with Crippen molar-refractivity contribution in [2.75, 3.05) is 17.2 Å². The number of aromatic amines is 1. The van der Waals surface area contributed by atoms with E-state index in [0.29, 0.717) is 16.9 Å². The summed E-state index contributed by atoms with van der Waals surface area (Å²) in [6.45, 7) is 2.00. The van der Waals surface area contributed by atoms with E-state index in [-0.39, 0.29) is 6.61 Å². The molecule has 0 saturated carbocycles. The number of imidazole rings is 1. The Hall–Kier alpha value is -3.35. The molecule has 1 aromatic heterocycles. The first-order valence-corrected chi connectivity index (χ1v) is 7.44. The van der Waals surface area contributed by atoms with Crippen molar-refractivity contribution in [3.63, 3.8) is 0 Å². The molecule has 2 aromatic carbocycles. The van der Waals surface area contributed by atoms with E-state index in [9.17, 15) is 9.59 Å².